The normalized spacial score (nSPS) is 20.2. The fourth-order valence-corrected chi connectivity index (χ4v) is 2.43. The Hall–Kier alpha value is -1.36. The lowest BCUT2D eigenvalue weighted by atomic mass is 10.0. The Morgan fingerprint density at radius 2 is 2.28 bits per heavy atom. The van der Waals surface area contributed by atoms with Gasteiger partial charge in [0.25, 0.3) is 0 Å². The van der Waals surface area contributed by atoms with Crippen LogP contribution in [0, 0.1) is 0 Å². The summed E-state index contributed by atoms with van der Waals surface area (Å²) in [7, 11) is 0. The second-order valence-electron chi connectivity index (χ2n) is 5.14. The van der Waals surface area contributed by atoms with Gasteiger partial charge < -0.3 is 16.0 Å². The van der Waals surface area contributed by atoms with Gasteiger partial charge in [-0.25, -0.2) is 9.97 Å². The first-order valence-electron chi connectivity index (χ1n) is 6.76. The van der Waals surface area contributed by atoms with Crippen LogP contribution in [0.3, 0.4) is 0 Å². The molecular formula is C13H23N5. The van der Waals surface area contributed by atoms with Gasteiger partial charge in [-0.05, 0) is 33.1 Å². The SMILES string of the molecule is CC(C)Nc1cc(N2CCCCC2CN)ncn1. The van der Waals surface area contributed by atoms with E-state index in [0.29, 0.717) is 18.6 Å². The average Bonchev–Trinajstić information content (AvgIpc) is 2.38. The highest BCUT2D eigenvalue weighted by Crippen LogP contribution is 2.23. The first-order chi connectivity index (χ1) is 8.70. The van der Waals surface area contributed by atoms with Crippen LogP contribution in [0.1, 0.15) is 33.1 Å². The molecule has 0 spiro atoms. The van der Waals surface area contributed by atoms with E-state index in [4.69, 9.17) is 5.73 Å². The summed E-state index contributed by atoms with van der Waals surface area (Å²) in [5, 5.41) is 3.31. The van der Waals surface area contributed by atoms with Gasteiger partial charge in [0.15, 0.2) is 0 Å². The second kappa shape index (κ2) is 6.00. The number of aromatic nitrogens is 2. The van der Waals surface area contributed by atoms with Crippen molar-refractivity contribution in [3.63, 3.8) is 0 Å². The third kappa shape index (κ3) is 3.10. The second-order valence-corrected chi connectivity index (χ2v) is 5.14. The first-order valence-corrected chi connectivity index (χ1v) is 6.76. The lowest BCUT2D eigenvalue weighted by Gasteiger charge is -2.36. The van der Waals surface area contributed by atoms with E-state index >= 15 is 0 Å². The lowest BCUT2D eigenvalue weighted by Crippen LogP contribution is -2.44. The summed E-state index contributed by atoms with van der Waals surface area (Å²) < 4.78 is 0. The van der Waals surface area contributed by atoms with E-state index in [9.17, 15) is 0 Å². The van der Waals surface area contributed by atoms with E-state index in [1.54, 1.807) is 6.33 Å². The van der Waals surface area contributed by atoms with E-state index in [0.717, 1.165) is 24.6 Å². The number of nitrogens with zero attached hydrogens (tertiary/aromatic N) is 3. The minimum atomic E-state index is 0.374. The lowest BCUT2D eigenvalue weighted by molar-refractivity contribution is 0.462. The number of rotatable bonds is 4. The molecule has 0 aliphatic carbocycles. The highest BCUT2D eigenvalue weighted by atomic mass is 15.2. The molecule has 0 amide bonds. The Morgan fingerprint density at radius 1 is 1.44 bits per heavy atom. The minimum Gasteiger partial charge on any atom is -0.368 e. The Labute approximate surface area is 109 Å². The van der Waals surface area contributed by atoms with Gasteiger partial charge in [-0.1, -0.05) is 0 Å². The Bertz CT molecular complexity index is 379. The number of hydrogen-bond donors (Lipinski definition) is 2. The van der Waals surface area contributed by atoms with E-state index in [-0.39, 0.29) is 0 Å². The molecular weight excluding hydrogens is 226 g/mol. The summed E-state index contributed by atoms with van der Waals surface area (Å²) in [5.74, 6) is 1.87. The molecule has 0 bridgehead atoms. The predicted molar refractivity (Wildman–Crippen MR) is 74.8 cm³/mol. The fourth-order valence-electron chi connectivity index (χ4n) is 2.43. The highest BCUT2D eigenvalue weighted by molar-refractivity contribution is 5.49. The molecule has 18 heavy (non-hydrogen) atoms. The zero-order valence-corrected chi connectivity index (χ0v) is 11.3. The fraction of sp³-hybridized carbons (Fsp3) is 0.692. The Balaban J connectivity index is 2.15. The van der Waals surface area contributed by atoms with Gasteiger partial charge in [0.2, 0.25) is 0 Å². The number of hydrogen-bond acceptors (Lipinski definition) is 5. The minimum absolute atomic E-state index is 0.374. The van der Waals surface area contributed by atoms with Gasteiger partial charge in [0, 0.05) is 31.2 Å². The molecule has 0 saturated carbocycles. The molecule has 2 heterocycles. The van der Waals surface area contributed by atoms with Crippen molar-refractivity contribution in [2.24, 2.45) is 5.73 Å². The third-order valence-corrected chi connectivity index (χ3v) is 3.28. The van der Waals surface area contributed by atoms with Crippen LogP contribution in [0.2, 0.25) is 0 Å². The van der Waals surface area contributed by atoms with Gasteiger partial charge in [-0.3, -0.25) is 0 Å². The van der Waals surface area contributed by atoms with Crippen molar-refractivity contribution < 1.29 is 0 Å². The number of nitrogens with one attached hydrogen (secondary N) is 1. The monoisotopic (exact) mass is 249 g/mol. The van der Waals surface area contributed by atoms with Crippen molar-refractivity contribution in [1.29, 1.82) is 0 Å². The van der Waals surface area contributed by atoms with Gasteiger partial charge in [-0.2, -0.15) is 0 Å². The van der Waals surface area contributed by atoms with Crippen LogP contribution >= 0.6 is 0 Å². The van der Waals surface area contributed by atoms with E-state index < -0.39 is 0 Å². The van der Waals surface area contributed by atoms with Crippen LogP contribution in [0.15, 0.2) is 12.4 Å². The molecule has 0 radical (unpaired) electrons. The number of nitrogens with two attached hydrogens (primary N) is 1. The zero-order valence-electron chi connectivity index (χ0n) is 11.3. The van der Waals surface area contributed by atoms with Gasteiger partial charge in [-0.15, -0.1) is 0 Å². The maximum absolute atomic E-state index is 5.85. The largest absolute Gasteiger partial charge is 0.368 e. The summed E-state index contributed by atoms with van der Waals surface area (Å²) in [6, 6.07) is 2.81. The molecule has 1 saturated heterocycles. The summed E-state index contributed by atoms with van der Waals surface area (Å²) >= 11 is 0. The molecule has 100 valence electrons. The maximum atomic E-state index is 5.85. The van der Waals surface area contributed by atoms with Crippen molar-refractivity contribution in [2.75, 3.05) is 23.3 Å². The van der Waals surface area contributed by atoms with E-state index in [1.165, 1.54) is 12.8 Å². The number of anilines is 2. The molecule has 1 aromatic heterocycles. The van der Waals surface area contributed by atoms with Crippen LogP contribution in [0.4, 0.5) is 11.6 Å². The topological polar surface area (TPSA) is 67.1 Å². The van der Waals surface area contributed by atoms with Crippen LogP contribution < -0.4 is 16.0 Å². The quantitative estimate of drug-likeness (QED) is 0.848. The van der Waals surface area contributed by atoms with Crippen LogP contribution in [0.5, 0.6) is 0 Å². The molecule has 1 aromatic rings. The molecule has 1 fully saturated rings. The molecule has 1 aliphatic rings. The maximum Gasteiger partial charge on any atom is 0.134 e. The van der Waals surface area contributed by atoms with Gasteiger partial charge in [0.1, 0.15) is 18.0 Å². The molecule has 1 unspecified atom stereocenters. The number of piperidine rings is 1. The van der Waals surface area contributed by atoms with Crippen LogP contribution in [0.25, 0.3) is 0 Å². The van der Waals surface area contributed by atoms with E-state index in [2.05, 4.69) is 34.0 Å². The molecule has 5 heteroatoms. The Morgan fingerprint density at radius 3 is 3.00 bits per heavy atom. The molecule has 1 aliphatic heterocycles. The summed E-state index contributed by atoms with van der Waals surface area (Å²) in [6.07, 6.45) is 5.27. The predicted octanol–water partition coefficient (Wildman–Crippen LogP) is 1.61. The summed E-state index contributed by atoms with van der Waals surface area (Å²) in [5.41, 5.74) is 5.85. The van der Waals surface area contributed by atoms with Crippen molar-refractivity contribution >= 4 is 11.6 Å². The van der Waals surface area contributed by atoms with Gasteiger partial charge >= 0.3 is 0 Å². The summed E-state index contributed by atoms with van der Waals surface area (Å²) in [4.78, 5) is 10.9. The molecule has 1 atom stereocenters. The Kier molecular flexibility index (Phi) is 4.36. The van der Waals surface area contributed by atoms with Crippen molar-refractivity contribution in [3.8, 4) is 0 Å². The van der Waals surface area contributed by atoms with Crippen molar-refractivity contribution in [2.45, 2.75) is 45.2 Å². The van der Waals surface area contributed by atoms with E-state index in [1.807, 2.05) is 6.07 Å². The molecule has 0 aromatic carbocycles. The van der Waals surface area contributed by atoms with Crippen molar-refractivity contribution in [3.05, 3.63) is 12.4 Å². The van der Waals surface area contributed by atoms with Crippen LogP contribution in [-0.2, 0) is 0 Å². The van der Waals surface area contributed by atoms with Crippen molar-refractivity contribution in [1.82, 2.24) is 9.97 Å². The summed E-state index contributed by atoms with van der Waals surface area (Å²) in [6.45, 7) is 5.94. The smallest absolute Gasteiger partial charge is 0.134 e. The zero-order chi connectivity index (χ0) is 13.0. The highest BCUT2D eigenvalue weighted by Gasteiger charge is 2.22. The van der Waals surface area contributed by atoms with Crippen LogP contribution in [-0.4, -0.2) is 35.1 Å². The third-order valence-electron chi connectivity index (χ3n) is 3.28. The molecule has 3 N–H and O–H groups in total. The molecule has 5 nitrogen and oxygen atoms in total. The van der Waals surface area contributed by atoms with Gasteiger partial charge in [0.05, 0.1) is 0 Å². The molecule has 2 rings (SSSR count). The first kappa shape index (κ1) is 13.1. The average molecular weight is 249 g/mol. The standard InChI is InChI=1S/C13H23N5/c1-10(2)17-12-7-13(16-9-15-12)18-6-4-3-5-11(18)8-14/h7,9-11H,3-6,8,14H2,1-2H3,(H,15,16,17).